The second-order valence-electron chi connectivity index (χ2n) is 5.62. The molecule has 0 aliphatic heterocycles. The molecule has 21 heavy (non-hydrogen) atoms. The Balaban J connectivity index is 2.05. The summed E-state index contributed by atoms with van der Waals surface area (Å²) < 4.78 is 0. The molecule has 0 heterocycles. The van der Waals surface area contributed by atoms with Gasteiger partial charge in [-0.3, -0.25) is 9.59 Å². The van der Waals surface area contributed by atoms with Crippen molar-refractivity contribution in [1.82, 2.24) is 4.90 Å². The molecular weight excluding hydrogens is 264 g/mol. The topological polar surface area (TPSA) is 63.4 Å². The highest BCUT2D eigenvalue weighted by molar-refractivity contribution is 5.88. The Morgan fingerprint density at radius 1 is 1.29 bits per heavy atom. The Morgan fingerprint density at radius 2 is 1.95 bits per heavy atom. The minimum atomic E-state index is -0.385. The molecule has 1 saturated carbocycles. The van der Waals surface area contributed by atoms with Crippen molar-refractivity contribution in [3.63, 3.8) is 0 Å². The minimum Gasteiger partial charge on any atom is -0.370 e. The van der Waals surface area contributed by atoms with Gasteiger partial charge in [0, 0.05) is 25.6 Å². The molecule has 2 amide bonds. The quantitative estimate of drug-likeness (QED) is 0.781. The Morgan fingerprint density at radius 3 is 2.52 bits per heavy atom. The van der Waals surface area contributed by atoms with E-state index in [1.54, 1.807) is 11.0 Å². The summed E-state index contributed by atoms with van der Waals surface area (Å²) in [5, 5.41) is 0. The normalized spacial score (nSPS) is 14.8. The van der Waals surface area contributed by atoms with Crippen LogP contribution in [0.1, 0.15) is 31.7 Å². The molecule has 1 aromatic carbocycles. The lowest BCUT2D eigenvalue weighted by Gasteiger charge is -2.21. The highest BCUT2D eigenvalue weighted by Crippen LogP contribution is 2.36. The van der Waals surface area contributed by atoms with Gasteiger partial charge in [-0.25, -0.2) is 0 Å². The second kappa shape index (κ2) is 7.07. The van der Waals surface area contributed by atoms with Gasteiger partial charge in [-0.2, -0.15) is 0 Å². The van der Waals surface area contributed by atoms with E-state index in [-0.39, 0.29) is 18.2 Å². The van der Waals surface area contributed by atoms with Crippen LogP contribution in [0.2, 0.25) is 0 Å². The molecule has 1 fully saturated rings. The van der Waals surface area contributed by atoms with E-state index in [9.17, 15) is 9.59 Å². The van der Waals surface area contributed by atoms with E-state index in [2.05, 4.69) is 0 Å². The number of amides is 2. The summed E-state index contributed by atoms with van der Waals surface area (Å²) in [6, 6.07) is 9.77. The molecule has 1 aromatic rings. The number of carbonyl (C=O) groups excluding carboxylic acids is 2. The predicted molar refractivity (Wildman–Crippen MR) is 82.2 cm³/mol. The van der Waals surface area contributed by atoms with Crippen molar-refractivity contribution in [2.45, 2.75) is 32.7 Å². The second-order valence-corrected chi connectivity index (χ2v) is 5.62. The van der Waals surface area contributed by atoms with Crippen molar-refractivity contribution in [1.29, 1.82) is 0 Å². The van der Waals surface area contributed by atoms with Crippen molar-refractivity contribution in [3.05, 3.63) is 47.5 Å². The van der Waals surface area contributed by atoms with E-state index >= 15 is 0 Å². The SMILES string of the molecule is C/C(=C/C(=O)N(CCC(N)=O)Cc1ccccc1)C1CC1. The molecular formula is C17H22N2O2. The van der Waals surface area contributed by atoms with E-state index in [0.717, 1.165) is 11.1 Å². The van der Waals surface area contributed by atoms with Crippen molar-refractivity contribution >= 4 is 11.8 Å². The van der Waals surface area contributed by atoms with Crippen LogP contribution in [0.5, 0.6) is 0 Å². The number of allylic oxidation sites excluding steroid dienone is 1. The summed E-state index contributed by atoms with van der Waals surface area (Å²) in [7, 11) is 0. The molecule has 0 atom stereocenters. The summed E-state index contributed by atoms with van der Waals surface area (Å²) >= 11 is 0. The molecule has 2 N–H and O–H groups in total. The van der Waals surface area contributed by atoms with Gasteiger partial charge in [0.15, 0.2) is 0 Å². The van der Waals surface area contributed by atoms with E-state index in [4.69, 9.17) is 5.73 Å². The number of primary amides is 1. The molecule has 4 heteroatoms. The fraction of sp³-hybridized carbons (Fsp3) is 0.412. The maximum Gasteiger partial charge on any atom is 0.246 e. The third-order valence-electron chi connectivity index (χ3n) is 3.73. The fourth-order valence-electron chi connectivity index (χ4n) is 2.26. The lowest BCUT2D eigenvalue weighted by molar-refractivity contribution is -0.127. The zero-order chi connectivity index (χ0) is 15.2. The van der Waals surface area contributed by atoms with Crippen molar-refractivity contribution < 1.29 is 9.59 Å². The van der Waals surface area contributed by atoms with Gasteiger partial charge in [0.25, 0.3) is 0 Å². The molecule has 112 valence electrons. The molecule has 0 saturated heterocycles. The number of rotatable bonds is 7. The predicted octanol–water partition coefficient (Wildman–Crippen LogP) is 2.25. The van der Waals surface area contributed by atoms with Gasteiger partial charge in [0.05, 0.1) is 0 Å². The van der Waals surface area contributed by atoms with E-state index in [1.807, 2.05) is 37.3 Å². The van der Waals surface area contributed by atoms with Crippen LogP contribution >= 0.6 is 0 Å². The number of carbonyl (C=O) groups is 2. The smallest absolute Gasteiger partial charge is 0.246 e. The van der Waals surface area contributed by atoms with Crippen LogP contribution in [0.25, 0.3) is 0 Å². The standard InChI is InChI=1S/C17H22N2O2/c1-13(15-7-8-15)11-17(21)19(10-9-16(18)20)12-14-5-3-2-4-6-14/h2-6,11,15H,7-10,12H2,1H3,(H2,18,20)/b13-11-. The number of hydrogen-bond donors (Lipinski definition) is 1. The number of nitrogens with two attached hydrogens (primary N) is 1. The summed E-state index contributed by atoms with van der Waals surface area (Å²) in [6.45, 7) is 2.86. The van der Waals surface area contributed by atoms with E-state index in [1.165, 1.54) is 12.8 Å². The number of benzene rings is 1. The van der Waals surface area contributed by atoms with Crippen LogP contribution in [-0.2, 0) is 16.1 Å². The van der Waals surface area contributed by atoms with Crippen molar-refractivity contribution in [2.24, 2.45) is 11.7 Å². The summed E-state index contributed by atoms with van der Waals surface area (Å²) in [5.41, 5.74) is 7.39. The van der Waals surface area contributed by atoms with Crippen LogP contribution in [0.4, 0.5) is 0 Å². The molecule has 1 aliphatic rings. The van der Waals surface area contributed by atoms with Gasteiger partial charge in [-0.05, 0) is 31.2 Å². The largest absolute Gasteiger partial charge is 0.370 e. The van der Waals surface area contributed by atoms with Gasteiger partial charge in [0.1, 0.15) is 0 Å². The van der Waals surface area contributed by atoms with Gasteiger partial charge >= 0.3 is 0 Å². The molecule has 1 aliphatic carbocycles. The van der Waals surface area contributed by atoms with Gasteiger partial charge in [0.2, 0.25) is 11.8 Å². The number of nitrogens with zero attached hydrogens (tertiary/aromatic N) is 1. The molecule has 0 unspecified atom stereocenters. The van der Waals surface area contributed by atoms with Crippen LogP contribution in [-0.4, -0.2) is 23.3 Å². The summed E-state index contributed by atoms with van der Waals surface area (Å²) in [6.07, 6.45) is 4.25. The van der Waals surface area contributed by atoms with Gasteiger partial charge in [-0.1, -0.05) is 35.9 Å². The Labute approximate surface area is 125 Å². The lowest BCUT2D eigenvalue weighted by Crippen LogP contribution is -2.32. The molecule has 0 radical (unpaired) electrons. The van der Waals surface area contributed by atoms with E-state index in [0.29, 0.717) is 19.0 Å². The monoisotopic (exact) mass is 286 g/mol. The zero-order valence-electron chi connectivity index (χ0n) is 12.4. The van der Waals surface area contributed by atoms with E-state index < -0.39 is 0 Å². The Bertz CT molecular complexity index is 533. The average molecular weight is 286 g/mol. The molecule has 2 rings (SSSR count). The lowest BCUT2D eigenvalue weighted by atomic mass is 10.1. The maximum atomic E-state index is 12.4. The molecule has 0 spiro atoms. The number of hydrogen-bond acceptors (Lipinski definition) is 2. The van der Waals surface area contributed by atoms with Crippen molar-refractivity contribution in [2.75, 3.05) is 6.54 Å². The third kappa shape index (κ3) is 5.06. The first-order valence-corrected chi connectivity index (χ1v) is 7.35. The van der Waals surface area contributed by atoms with Crippen LogP contribution < -0.4 is 5.73 Å². The van der Waals surface area contributed by atoms with Crippen molar-refractivity contribution in [3.8, 4) is 0 Å². The zero-order valence-corrected chi connectivity index (χ0v) is 12.4. The fourth-order valence-corrected chi connectivity index (χ4v) is 2.26. The van der Waals surface area contributed by atoms with Crippen LogP contribution in [0, 0.1) is 5.92 Å². The maximum absolute atomic E-state index is 12.4. The molecule has 0 aromatic heterocycles. The highest BCUT2D eigenvalue weighted by atomic mass is 16.2. The summed E-state index contributed by atoms with van der Waals surface area (Å²) in [5.74, 6) is 0.150. The Hall–Kier alpha value is -2.10. The van der Waals surface area contributed by atoms with Gasteiger partial charge < -0.3 is 10.6 Å². The minimum absolute atomic E-state index is 0.0375. The van der Waals surface area contributed by atoms with Gasteiger partial charge in [-0.15, -0.1) is 0 Å². The first kappa shape index (κ1) is 15.3. The third-order valence-corrected chi connectivity index (χ3v) is 3.73. The van der Waals surface area contributed by atoms with Crippen LogP contribution in [0.3, 0.4) is 0 Å². The highest BCUT2D eigenvalue weighted by Gasteiger charge is 2.24. The van der Waals surface area contributed by atoms with Crippen LogP contribution in [0.15, 0.2) is 42.0 Å². The molecule has 0 bridgehead atoms. The molecule has 4 nitrogen and oxygen atoms in total. The first-order chi connectivity index (χ1) is 10.1. The summed E-state index contributed by atoms with van der Waals surface area (Å²) in [4.78, 5) is 25.1. The Kier molecular flexibility index (Phi) is 5.14. The average Bonchev–Trinajstić information content (AvgIpc) is 3.28. The first-order valence-electron chi connectivity index (χ1n) is 7.35.